The van der Waals surface area contributed by atoms with E-state index in [1.165, 1.54) is 0 Å². The molecule has 4 nitrogen and oxygen atoms in total. The van der Waals surface area contributed by atoms with Crippen LogP contribution < -0.4 is 10.6 Å². The van der Waals surface area contributed by atoms with Gasteiger partial charge in [0, 0.05) is 5.69 Å². The lowest BCUT2D eigenvalue weighted by Crippen LogP contribution is -2.29. The molecule has 0 radical (unpaired) electrons. The first-order chi connectivity index (χ1) is 10.5. The van der Waals surface area contributed by atoms with Crippen molar-refractivity contribution in [2.75, 3.05) is 10.6 Å². The third kappa shape index (κ3) is 3.65. The van der Waals surface area contributed by atoms with Crippen LogP contribution in [0.15, 0.2) is 42.5 Å². The molecule has 0 saturated heterocycles. The molecule has 0 spiro atoms. The minimum absolute atomic E-state index is 0.383. The molecule has 2 aromatic carbocycles. The topological polar surface area (TPSA) is 58.2 Å². The molecule has 22 heavy (non-hydrogen) atoms. The highest BCUT2D eigenvalue weighted by Crippen LogP contribution is 2.22. The van der Waals surface area contributed by atoms with Crippen LogP contribution in [0.2, 0.25) is 5.02 Å². The molecule has 0 atom stereocenters. The van der Waals surface area contributed by atoms with Crippen molar-refractivity contribution in [2.45, 2.75) is 20.3 Å². The lowest BCUT2D eigenvalue weighted by molar-refractivity contribution is -0.133. The van der Waals surface area contributed by atoms with Crippen molar-refractivity contribution >= 4 is 34.8 Å². The average molecular weight is 317 g/mol. The van der Waals surface area contributed by atoms with E-state index in [1.807, 2.05) is 32.0 Å². The van der Waals surface area contributed by atoms with E-state index in [0.717, 1.165) is 17.5 Å². The molecule has 114 valence electrons. The zero-order valence-corrected chi connectivity index (χ0v) is 13.2. The summed E-state index contributed by atoms with van der Waals surface area (Å²) >= 11 is 5.96. The van der Waals surface area contributed by atoms with Crippen LogP contribution in [-0.2, 0) is 16.0 Å². The summed E-state index contributed by atoms with van der Waals surface area (Å²) in [5, 5.41) is 5.56. The van der Waals surface area contributed by atoms with Gasteiger partial charge in [-0.25, -0.2) is 0 Å². The van der Waals surface area contributed by atoms with E-state index in [-0.39, 0.29) is 0 Å². The summed E-state index contributed by atoms with van der Waals surface area (Å²) in [5.74, 6) is -1.47. The molecule has 2 amide bonds. The van der Waals surface area contributed by atoms with Crippen LogP contribution >= 0.6 is 11.6 Å². The van der Waals surface area contributed by atoms with Crippen molar-refractivity contribution < 1.29 is 9.59 Å². The molecular weight excluding hydrogens is 300 g/mol. The number of amides is 2. The first-order valence-electron chi connectivity index (χ1n) is 6.98. The lowest BCUT2D eigenvalue weighted by atomic mass is 10.1. The van der Waals surface area contributed by atoms with E-state index in [9.17, 15) is 9.59 Å². The Morgan fingerprint density at radius 2 is 1.68 bits per heavy atom. The fourth-order valence-electron chi connectivity index (χ4n) is 2.11. The summed E-state index contributed by atoms with van der Waals surface area (Å²) in [4.78, 5) is 24.1. The van der Waals surface area contributed by atoms with Crippen LogP contribution in [0.3, 0.4) is 0 Å². The molecule has 0 bridgehead atoms. The number of nitrogens with one attached hydrogen (secondary N) is 2. The first-order valence-corrected chi connectivity index (χ1v) is 7.36. The number of aryl methyl sites for hydroxylation is 2. The van der Waals surface area contributed by atoms with Crippen LogP contribution in [0.4, 0.5) is 11.4 Å². The first kappa shape index (κ1) is 16.0. The fourth-order valence-corrected chi connectivity index (χ4v) is 2.30. The average Bonchev–Trinajstić information content (AvgIpc) is 2.51. The maximum atomic E-state index is 12.1. The van der Waals surface area contributed by atoms with Crippen LogP contribution in [0.25, 0.3) is 0 Å². The molecule has 5 heteroatoms. The molecule has 2 aromatic rings. The Hall–Kier alpha value is -2.33. The minimum atomic E-state index is -0.751. The van der Waals surface area contributed by atoms with Crippen molar-refractivity contribution in [1.29, 1.82) is 0 Å². The van der Waals surface area contributed by atoms with Crippen molar-refractivity contribution in [1.82, 2.24) is 0 Å². The Kier molecular flexibility index (Phi) is 5.17. The number of halogens is 1. The Balaban J connectivity index is 2.13. The van der Waals surface area contributed by atoms with E-state index in [2.05, 4.69) is 10.6 Å². The van der Waals surface area contributed by atoms with Gasteiger partial charge in [-0.15, -0.1) is 0 Å². The lowest BCUT2D eigenvalue weighted by Gasteiger charge is -2.13. The number of carbonyl (C=O) groups excluding carboxylic acids is 2. The van der Waals surface area contributed by atoms with Gasteiger partial charge in [-0.05, 0) is 36.6 Å². The summed E-state index contributed by atoms with van der Waals surface area (Å²) in [6, 6.07) is 12.5. The van der Waals surface area contributed by atoms with E-state index in [0.29, 0.717) is 16.4 Å². The van der Waals surface area contributed by atoms with Gasteiger partial charge in [0.2, 0.25) is 0 Å². The van der Waals surface area contributed by atoms with Gasteiger partial charge in [0.15, 0.2) is 0 Å². The molecule has 0 aliphatic heterocycles. The number of hydrogen-bond acceptors (Lipinski definition) is 2. The smallest absolute Gasteiger partial charge is 0.314 e. The van der Waals surface area contributed by atoms with Gasteiger partial charge in [0.05, 0.1) is 10.7 Å². The highest BCUT2D eigenvalue weighted by Gasteiger charge is 2.17. The number of para-hydroxylation sites is 2. The summed E-state index contributed by atoms with van der Waals surface area (Å²) in [7, 11) is 0. The van der Waals surface area contributed by atoms with Gasteiger partial charge in [-0.3, -0.25) is 9.59 Å². The number of rotatable bonds is 3. The molecule has 2 rings (SSSR count). The predicted molar refractivity (Wildman–Crippen MR) is 89.3 cm³/mol. The van der Waals surface area contributed by atoms with Crippen LogP contribution in [0.1, 0.15) is 18.1 Å². The Morgan fingerprint density at radius 3 is 2.36 bits per heavy atom. The van der Waals surface area contributed by atoms with Gasteiger partial charge in [0.25, 0.3) is 0 Å². The van der Waals surface area contributed by atoms with E-state index in [1.54, 1.807) is 24.3 Å². The largest absolute Gasteiger partial charge is 0.317 e. The Labute approximate surface area is 134 Å². The monoisotopic (exact) mass is 316 g/mol. The van der Waals surface area contributed by atoms with Crippen molar-refractivity contribution in [3.63, 3.8) is 0 Å². The van der Waals surface area contributed by atoms with Gasteiger partial charge >= 0.3 is 11.8 Å². The summed E-state index contributed by atoms with van der Waals surface area (Å²) in [6.07, 6.45) is 0.767. The van der Waals surface area contributed by atoms with Crippen LogP contribution in [-0.4, -0.2) is 11.8 Å². The molecule has 0 unspecified atom stereocenters. The van der Waals surface area contributed by atoms with E-state index in [4.69, 9.17) is 11.6 Å². The fraction of sp³-hybridized carbons (Fsp3) is 0.176. The maximum absolute atomic E-state index is 12.1. The van der Waals surface area contributed by atoms with Gasteiger partial charge in [-0.1, -0.05) is 48.9 Å². The van der Waals surface area contributed by atoms with Crippen molar-refractivity contribution in [3.8, 4) is 0 Å². The Bertz CT molecular complexity index is 714. The molecule has 0 aliphatic carbocycles. The molecule has 0 saturated carbocycles. The predicted octanol–water partition coefficient (Wildman–Crippen LogP) is 3.79. The SMILES string of the molecule is CCc1cccc(C)c1NC(=O)C(=O)Nc1ccccc1Cl. The standard InChI is InChI=1S/C17H17ClN2O2/c1-3-12-8-6-7-11(2)15(12)20-17(22)16(21)19-14-10-5-4-9-13(14)18/h4-10H,3H2,1-2H3,(H,19,21)(H,20,22). The molecule has 0 fully saturated rings. The quantitative estimate of drug-likeness (QED) is 0.846. The molecular formula is C17H17ClN2O2. The van der Waals surface area contributed by atoms with E-state index >= 15 is 0 Å². The van der Waals surface area contributed by atoms with Gasteiger partial charge in [0.1, 0.15) is 0 Å². The number of hydrogen-bond donors (Lipinski definition) is 2. The second kappa shape index (κ2) is 7.09. The Morgan fingerprint density at radius 1 is 1.00 bits per heavy atom. The van der Waals surface area contributed by atoms with Crippen LogP contribution in [0.5, 0.6) is 0 Å². The third-order valence-electron chi connectivity index (χ3n) is 3.31. The molecule has 0 aliphatic rings. The number of benzene rings is 2. The maximum Gasteiger partial charge on any atom is 0.314 e. The molecule has 2 N–H and O–H groups in total. The third-order valence-corrected chi connectivity index (χ3v) is 3.64. The number of anilines is 2. The van der Waals surface area contributed by atoms with Crippen LogP contribution in [0, 0.1) is 6.92 Å². The number of carbonyl (C=O) groups is 2. The van der Waals surface area contributed by atoms with Crippen molar-refractivity contribution in [3.05, 3.63) is 58.6 Å². The minimum Gasteiger partial charge on any atom is -0.317 e. The zero-order chi connectivity index (χ0) is 16.1. The molecule has 0 heterocycles. The highest BCUT2D eigenvalue weighted by molar-refractivity contribution is 6.45. The second-order valence-corrected chi connectivity index (χ2v) is 5.26. The molecule has 0 aromatic heterocycles. The van der Waals surface area contributed by atoms with Gasteiger partial charge < -0.3 is 10.6 Å². The van der Waals surface area contributed by atoms with Gasteiger partial charge in [-0.2, -0.15) is 0 Å². The van der Waals surface area contributed by atoms with E-state index < -0.39 is 11.8 Å². The summed E-state index contributed by atoms with van der Waals surface area (Å²) in [5.41, 5.74) is 2.99. The highest BCUT2D eigenvalue weighted by atomic mass is 35.5. The second-order valence-electron chi connectivity index (χ2n) is 4.85. The van der Waals surface area contributed by atoms with Crippen molar-refractivity contribution in [2.24, 2.45) is 0 Å². The summed E-state index contributed by atoms with van der Waals surface area (Å²) < 4.78 is 0. The zero-order valence-electron chi connectivity index (χ0n) is 12.4. The summed E-state index contributed by atoms with van der Waals surface area (Å²) in [6.45, 7) is 3.88. The normalized spacial score (nSPS) is 10.1.